The number of nitrogens with one attached hydrogen (secondary N) is 1. The second kappa shape index (κ2) is 5.64. The van der Waals surface area contributed by atoms with E-state index in [1.54, 1.807) is 6.07 Å². The quantitative estimate of drug-likeness (QED) is 0.829. The second-order valence-electron chi connectivity index (χ2n) is 5.65. The van der Waals surface area contributed by atoms with E-state index >= 15 is 0 Å². The zero-order valence-electron chi connectivity index (χ0n) is 11.8. The van der Waals surface area contributed by atoms with Crippen molar-refractivity contribution in [3.05, 3.63) is 35.1 Å². The van der Waals surface area contributed by atoms with Gasteiger partial charge in [0.1, 0.15) is 5.82 Å². The lowest BCUT2D eigenvalue weighted by atomic mass is 9.98. The standard InChI is InChI=1S/C16H19FN2O/c1-16(2,12-6-7-12)19-15(20)13-8-5-11(4-3-9-18)10-14(13)17/h5,8,10,12H,6-7,9,18H2,1-2H3,(H,19,20). The summed E-state index contributed by atoms with van der Waals surface area (Å²) in [7, 11) is 0. The van der Waals surface area contributed by atoms with Gasteiger partial charge in [0.15, 0.2) is 0 Å². The van der Waals surface area contributed by atoms with Gasteiger partial charge in [-0.3, -0.25) is 4.79 Å². The minimum absolute atomic E-state index is 0.0528. The number of nitrogens with two attached hydrogens (primary N) is 1. The van der Waals surface area contributed by atoms with Crippen molar-refractivity contribution in [2.75, 3.05) is 6.54 Å². The molecule has 0 radical (unpaired) electrons. The number of amides is 1. The molecule has 0 bridgehead atoms. The van der Waals surface area contributed by atoms with Gasteiger partial charge < -0.3 is 11.1 Å². The van der Waals surface area contributed by atoms with Crippen LogP contribution in [-0.4, -0.2) is 18.0 Å². The molecule has 1 aliphatic carbocycles. The number of benzene rings is 1. The highest BCUT2D eigenvalue weighted by molar-refractivity contribution is 5.95. The third kappa shape index (κ3) is 3.37. The molecule has 1 aromatic carbocycles. The summed E-state index contributed by atoms with van der Waals surface area (Å²) in [6.07, 6.45) is 2.23. The van der Waals surface area contributed by atoms with Gasteiger partial charge in [-0.25, -0.2) is 4.39 Å². The highest BCUT2D eigenvalue weighted by atomic mass is 19.1. The Labute approximate surface area is 118 Å². The maximum atomic E-state index is 14.0. The van der Waals surface area contributed by atoms with E-state index in [1.165, 1.54) is 12.1 Å². The number of carbonyl (C=O) groups is 1. The minimum atomic E-state index is -0.557. The molecule has 0 spiro atoms. The van der Waals surface area contributed by atoms with Crippen molar-refractivity contribution in [1.82, 2.24) is 5.32 Å². The van der Waals surface area contributed by atoms with Gasteiger partial charge in [0, 0.05) is 11.1 Å². The van der Waals surface area contributed by atoms with Crippen LogP contribution in [-0.2, 0) is 0 Å². The van der Waals surface area contributed by atoms with Gasteiger partial charge in [0.25, 0.3) is 5.91 Å². The molecule has 1 fully saturated rings. The smallest absolute Gasteiger partial charge is 0.254 e. The Morgan fingerprint density at radius 3 is 2.75 bits per heavy atom. The van der Waals surface area contributed by atoms with E-state index in [2.05, 4.69) is 17.2 Å². The molecular formula is C16H19FN2O. The molecule has 3 N–H and O–H groups in total. The largest absolute Gasteiger partial charge is 0.347 e. The Hall–Kier alpha value is -1.86. The summed E-state index contributed by atoms with van der Waals surface area (Å²) >= 11 is 0. The molecule has 0 atom stereocenters. The maximum absolute atomic E-state index is 14.0. The number of halogens is 1. The zero-order valence-corrected chi connectivity index (χ0v) is 11.8. The topological polar surface area (TPSA) is 55.1 Å². The third-order valence-electron chi connectivity index (χ3n) is 3.58. The maximum Gasteiger partial charge on any atom is 0.254 e. The van der Waals surface area contributed by atoms with Crippen LogP contribution in [0.25, 0.3) is 0 Å². The van der Waals surface area contributed by atoms with Gasteiger partial charge >= 0.3 is 0 Å². The minimum Gasteiger partial charge on any atom is -0.347 e. The first kappa shape index (κ1) is 14.5. The second-order valence-corrected chi connectivity index (χ2v) is 5.65. The molecule has 0 heterocycles. The number of hydrogen-bond acceptors (Lipinski definition) is 2. The Balaban J connectivity index is 2.14. The zero-order chi connectivity index (χ0) is 14.8. The SMILES string of the molecule is CC(C)(NC(=O)c1ccc(C#CCN)cc1F)C1CC1. The van der Waals surface area contributed by atoms with Gasteiger partial charge in [0.2, 0.25) is 0 Å². The molecule has 20 heavy (non-hydrogen) atoms. The molecule has 0 aliphatic heterocycles. The highest BCUT2D eigenvalue weighted by Gasteiger charge is 2.39. The van der Waals surface area contributed by atoms with Crippen LogP contribution in [0.2, 0.25) is 0 Å². The summed E-state index contributed by atoms with van der Waals surface area (Å²) in [5, 5.41) is 2.90. The lowest BCUT2D eigenvalue weighted by Crippen LogP contribution is -2.45. The molecule has 1 saturated carbocycles. The summed E-state index contributed by atoms with van der Waals surface area (Å²) in [5.41, 5.74) is 5.55. The van der Waals surface area contributed by atoms with Crippen LogP contribution in [0.3, 0.4) is 0 Å². The number of carbonyl (C=O) groups excluding carboxylic acids is 1. The van der Waals surface area contributed by atoms with Crippen LogP contribution < -0.4 is 11.1 Å². The van der Waals surface area contributed by atoms with Crippen molar-refractivity contribution in [2.45, 2.75) is 32.2 Å². The first-order valence-corrected chi connectivity index (χ1v) is 6.75. The third-order valence-corrected chi connectivity index (χ3v) is 3.58. The molecule has 1 amide bonds. The predicted octanol–water partition coefficient (Wildman–Crippen LogP) is 2.05. The van der Waals surface area contributed by atoms with Crippen molar-refractivity contribution in [3.63, 3.8) is 0 Å². The van der Waals surface area contributed by atoms with Crippen molar-refractivity contribution in [2.24, 2.45) is 11.7 Å². The fourth-order valence-electron chi connectivity index (χ4n) is 2.20. The van der Waals surface area contributed by atoms with Crippen molar-refractivity contribution < 1.29 is 9.18 Å². The van der Waals surface area contributed by atoms with Crippen LogP contribution in [0, 0.1) is 23.6 Å². The lowest BCUT2D eigenvalue weighted by Gasteiger charge is -2.26. The Morgan fingerprint density at radius 2 is 2.20 bits per heavy atom. The van der Waals surface area contributed by atoms with Crippen LogP contribution >= 0.6 is 0 Å². The van der Waals surface area contributed by atoms with E-state index < -0.39 is 5.82 Å². The number of rotatable bonds is 3. The van der Waals surface area contributed by atoms with Gasteiger partial charge in [-0.05, 0) is 50.8 Å². The Bertz CT molecular complexity index is 580. The molecular weight excluding hydrogens is 255 g/mol. The molecule has 0 unspecified atom stereocenters. The van der Waals surface area contributed by atoms with E-state index in [0.717, 1.165) is 12.8 Å². The van der Waals surface area contributed by atoms with E-state index in [0.29, 0.717) is 11.5 Å². The van der Waals surface area contributed by atoms with E-state index in [9.17, 15) is 9.18 Å². The molecule has 1 aromatic rings. The normalized spacial score (nSPS) is 14.4. The molecule has 0 aromatic heterocycles. The molecule has 4 heteroatoms. The van der Waals surface area contributed by atoms with Crippen LogP contribution in [0.5, 0.6) is 0 Å². The van der Waals surface area contributed by atoms with E-state index in [4.69, 9.17) is 5.73 Å². The first-order valence-electron chi connectivity index (χ1n) is 6.75. The summed E-state index contributed by atoms with van der Waals surface area (Å²) in [6.45, 7) is 4.17. The number of hydrogen-bond donors (Lipinski definition) is 2. The monoisotopic (exact) mass is 274 g/mol. The first-order chi connectivity index (χ1) is 9.44. The van der Waals surface area contributed by atoms with Gasteiger partial charge in [0.05, 0.1) is 12.1 Å². The van der Waals surface area contributed by atoms with Crippen LogP contribution in [0.15, 0.2) is 18.2 Å². The fraction of sp³-hybridized carbons (Fsp3) is 0.438. The molecule has 3 nitrogen and oxygen atoms in total. The molecule has 0 saturated heterocycles. The Kier molecular flexibility index (Phi) is 4.10. The summed E-state index contributed by atoms with van der Waals surface area (Å²) in [4.78, 5) is 12.1. The summed E-state index contributed by atoms with van der Waals surface area (Å²) in [5.74, 6) is 4.95. The van der Waals surface area contributed by atoms with Gasteiger partial charge in [-0.15, -0.1) is 0 Å². The summed E-state index contributed by atoms with van der Waals surface area (Å²) in [6, 6.07) is 4.36. The van der Waals surface area contributed by atoms with Crippen molar-refractivity contribution in [1.29, 1.82) is 0 Å². The lowest BCUT2D eigenvalue weighted by molar-refractivity contribution is 0.0899. The molecule has 106 valence electrons. The van der Waals surface area contributed by atoms with Gasteiger partial charge in [-0.1, -0.05) is 11.8 Å². The average molecular weight is 274 g/mol. The highest BCUT2D eigenvalue weighted by Crippen LogP contribution is 2.39. The van der Waals surface area contributed by atoms with Gasteiger partial charge in [-0.2, -0.15) is 0 Å². The van der Waals surface area contributed by atoms with Crippen molar-refractivity contribution >= 4 is 5.91 Å². The van der Waals surface area contributed by atoms with E-state index in [1.807, 2.05) is 13.8 Å². The Morgan fingerprint density at radius 1 is 1.50 bits per heavy atom. The molecule has 1 aliphatic rings. The summed E-state index contributed by atoms with van der Waals surface area (Å²) < 4.78 is 14.0. The molecule has 2 rings (SSSR count). The van der Waals surface area contributed by atoms with E-state index in [-0.39, 0.29) is 23.6 Å². The fourth-order valence-corrected chi connectivity index (χ4v) is 2.20. The van der Waals surface area contributed by atoms with Crippen LogP contribution in [0.4, 0.5) is 4.39 Å². The van der Waals surface area contributed by atoms with Crippen molar-refractivity contribution in [3.8, 4) is 11.8 Å². The average Bonchev–Trinajstić information content (AvgIpc) is 3.20. The predicted molar refractivity (Wildman–Crippen MR) is 76.6 cm³/mol. The van der Waals surface area contributed by atoms with Crippen LogP contribution in [0.1, 0.15) is 42.6 Å².